The largest absolute Gasteiger partial charge is 0.480 e. The molecule has 0 fully saturated rings. The Morgan fingerprint density at radius 2 is 1.44 bits per heavy atom. The number of amides is 3. The third kappa shape index (κ3) is 6.90. The van der Waals surface area contributed by atoms with Crippen LogP contribution in [0.2, 0.25) is 0 Å². The summed E-state index contributed by atoms with van der Waals surface area (Å²) in [6.45, 7) is -1.15. The van der Waals surface area contributed by atoms with Gasteiger partial charge in [0.25, 0.3) is 0 Å². The van der Waals surface area contributed by atoms with Crippen LogP contribution < -0.4 is 21.7 Å². The first-order valence-electron chi connectivity index (χ1n) is 11.3. The van der Waals surface area contributed by atoms with Crippen molar-refractivity contribution in [1.82, 2.24) is 20.9 Å². The summed E-state index contributed by atoms with van der Waals surface area (Å²) in [5.74, 6) is -3.40. The molecule has 190 valence electrons. The second-order valence-electron chi connectivity index (χ2n) is 8.22. The fourth-order valence-corrected chi connectivity index (χ4v) is 3.77. The van der Waals surface area contributed by atoms with Crippen molar-refractivity contribution in [2.45, 2.75) is 31.0 Å². The van der Waals surface area contributed by atoms with E-state index in [-0.39, 0.29) is 19.4 Å². The summed E-state index contributed by atoms with van der Waals surface area (Å²) in [6.07, 6.45) is 1.92. The zero-order valence-corrected chi connectivity index (χ0v) is 19.4. The number of aliphatic hydroxyl groups excluding tert-OH is 1. The van der Waals surface area contributed by atoms with Gasteiger partial charge in [0.2, 0.25) is 17.7 Å². The first-order valence-corrected chi connectivity index (χ1v) is 11.3. The zero-order chi connectivity index (χ0) is 26.1. The van der Waals surface area contributed by atoms with E-state index >= 15 is 0 Å². The highest BCUT2D eigenvalue weighted by molar-refractivity contribution is 5.94. The lowest BCUT2D eigenvalue weighted by Crippen LogP contribution is -2.57. The van der Waals surface area contributed by atoms with Crippen LogP contribution in [0.15, 0.2) is 60.8 Å². The van der Waals surface area contributed by atoms with Crippen molar-refractivity contribution in [2.24, 2.45) is 5.73 Å². The Kier molecular flexibility index (Phi) is 9.14. The van der Waals surface area contributed by atoms with E-state index in [0.717, 1.165) is 16.5 Å². The molecule has 1 aromatic heterocycles. The molecule has 0 aliphatic rings. The highest BCUT2D eigenvalue weighted by atomic mass is 16.4. The first kappa shape index (κ1) is 26.4. The average Bonchev–Trinajstić information content (AvgIpc) is 3.29. The molecule has 0 bridgehead atoms. The van der Waals surface area contributed by atoms with Crippen molar-refractivity contribution < 1.29 is 29.4 Å². The van der Waals surface area contributed by atoms with Crippen LogP contribution in [0.25, 0.3) is 10.9 Å². The Balaban J connectivity index is 1.84. The van der Waals surface area contributed by atoms with Crippen molar-refractivity contribution in [2.75, 3.05) is 13.2 Å². The lowest BCUT2D eigenvalue weighted by Gasteiger charge is -2.24. The molecule has 3 unspecified atom stereocenters. The molecule has 3 amide bonds. The van der Waals surface area contributed by atoms with E-state index in [1.165, 1.54) is 0 Å². The maximum atomic E-state index is 13.3. The number of aliphatic hydroxyl groups is 1. The number of benzene rings is 2. The van der Waals surface area contributed by atoms with Gasteiger partial charge in [-0.1, -0.05) is 48.5 Å². The molecule has 11 heteroatoms. The fourth-order valence-electron chi connectivity index (χ4n) is 3.77. The van der Waals surface area contributed by atoms with Crippen molar-refractivity contribution in [3.8, 4) is 0 Å². The van der Waals surface area contributed by atoms with Gasteiger partial charge in [0.15, 0.2) is 0 Å². The van der Waals surface area contributed by atoms with Gasteiger partial charge in [0.1, 0.15) is 18.1 Å². The number of aromatic nitrogens is 1. The number of nitrogens with one attached hydrogen (secondary N) is 4. The maximum Gasteiger partial charge on any atom is 0.328 e. The quantitative estimate of drug-likeness (QED) is 0.175. The van der Waals surface area contributed by atoms with Crippen LogP contribution >= 0.6 is 0 Å². The minimum atomic E-state index is -1.54. The molecule has 0 spiro atoms. The lowest BCUT2D eigenvalue weighted by atomic mass is 10.0. The van der Waals surface area contributed by atoms with E-state index in [2.05, 4.69) is 20.9 Å². The predicted octanol–water partition coefficient (Wildman–Crippen LogP) is -0.557. The Morgan fingerprint density at radius 3 is 2.08 bits per heavy atom. The van der Waals surface area contributed by atoms with Gasteiger partial charge in [-0.3, -0.25) is 14.4 Å². The lowest BCUT2D eigenvalue weighted by molar-refractivity contribution is -0.143. The van der Waals surface area contributed by atoms with E-state index in [0.29, 0.717) is 5.56 Å². The van der Waals surface area contributed by atoms with E-state index in [1.54, 1.807) is 36.5 Å². The second kappa shape index (κ2) is 12.5. The van der Waals surface area contributed by atoms with Crippen molar-refractivity contribution in [1.29, 1.82) is 0 Å². The van der Waals surface area contributed by atoms with Crippen LogP contribution in [0.1, 0.15) is 11.1 Å². The van der Waals surface area contributed by atoms with Crippen molar-refractivity contribution >= 4 is 34.6 Å². The summed E-state index contributed by atoms with van der Waals surface area (Å²) in [6, 6.07) is 12.6. The van der Waals surface area contributed by atoms with Gasteiger partial charge in [-0.25, -0.2) is 4.79 Å². The third-order valence-electron chi connectivity index (χ3n) is 5.65. The number of carboxylic acid groups (broad SMARTS) is 1. The van der Waals surface area contributed by atoms with Gasteiger partial charge in [0.05, 0.1) is 13.2 Å². The minimum Gasteiger partial charge on any atom is -0.480 e. The standard InChI is InChI=1S/C25H29N5O6/c26-12-22(32)28-20(11-16-13-27-18-9-5-4-8-17(16)18)24(34)29-19(10-15-6-2-1-3-7-15)23(33)30-21(14-31)25(35)36/h1-9,13,19-21,27,31H,10-12,14,26H2,(H,28,32)(H,29,34)(H,30,33)(H,35,36). The van der Waals surface area contributed by atoms with Crippen LogP contribution in [0.5, 0.6) is 0 Å². The van der Waals surface area contributed by atoms with Crippen LogP contribution in [0.3, 0.4) is 0 Å². The molecule has 0 radical (unpaired) electrons. The average molecular weight is 496 g/mol. The molecule has 0 aliphatic carbocycles. The molecule has 3 rings (SSSR count). The number of hydrogen-bond donors (Lipinski definition) is 7. The predicted molar refractivity (Wildman–Crippen MR) is 132 cm³/mol. The highest BCUT2D eigenvalue weighted by Crippen LogP contribution is 2.19. The molecular formula is C25H29N5O6. The maximum absolute atomic E-state index is 13.3. The molecule has 36 heavy (non-hydrogen) atoms. The number of carboxylic acids is 1. The number of H-pyrrole nitrogens is 1. The minimum absolute atomic E-state index is 0.0564. The number of rotatable bonds is 12. The SMILES string of the molecule is NCC(=O)NC(Cc1c[nH]c2ccccc12)C(=O)NC(Cc1ccccc1)C(=O)NC(CO)C(=O)O. The molecule has 0 saturated heterocycles. The second-order valence-corrected chi connectivity index (χ2v) is 8.22. The molecule has 3 aromatic rings. The zero-order valence-electron chi connectivity index (χ0n) is 19.4. The van der Waals surface area contributed by atoms with Gasteiger partial charge in [0, 0.05) is 29.9 Å². The Bertz CT molecular complexity index is 1210. The first-order chi connectivity index (χ1) is 17.3. The smallest absolute Gasteiger partial charge is 0.328 e. The third-order valence-corrected chi connectivity index (χ3v) is 5.65. The van der Waals surface area contributed by atoms with Crippen LogP contribution in [-0.2, 0) is 32.0 Å². The normalized spacial score (nSPS) is 13.4. The van der Waals surface area contributed by atoms with E-state index in [4.69, 9.17) is 5.73 Å². The van der Waals surface area contributed by atoms with Crippen LogP contribution in [0, 0.1) is 0 Å². The molecule has 11 nitrogen and oxygen atoms in total. The molecule has 0 aliphatic heterocycles. The van der Waals surface area contributed by atoms with Crippen molar-refractivity contribution in [3.63, 3.8) is 0 Å². The Labute approximate surface area is 207 Å². The van der Waals surface area contributed by atoms with Gasteiger partial charge in [-0.15, -0.1) is 0 Å². The summed E-state index contributed by atoms with van der Waals surface area (Å²) in [4.78, 5) is 52.8. The highest BCUT2D eigenvalue weighted by Gasteiger charge is 2.30. The summed E-state index contributed by atoms with van der Waals surface area (Å²) in [5, 5.41) is 26.8. The number of aromatic amines is 1. The van der Waals surface area contributed by atoms with Crippen LogP contribution in [-0.4, -0.2) is 70.2 Å². The summed E-state index contributed by atoms with van der Waals surface area (Å²) in [7, 11) is 0. The molecule has 2 aromatic carbocycles. The summed E-state index contributed by atoms with van der Waals surface area (Å²) >= 11 is 0. The number of carbonyl (C=O) groups excluding carboxylic acids is 3. The molecule has 1 heterocycles. The topological polar surface area (TPSA) is 187 Å². The van der Waals surface area contributed by atoms with Crippen molar-refractivity contribution in [3.05, 3.63) is 71.9 Å². The van der Waals surface area contributed by atoms with Crippen LogP contribution in [0.4, 0.5) is 0 Å². The molecule has 8 N–H and O–H groups in total. The van der Waals surface area contributed by atoms with E-state index in [1.807, 2.05) is 24.3 Å². The van der Waals surface area contributed by atoms with E-state index in [9.17, 15) is 29.4 Å². The summed E-state index contributed by atoms with van der Waals surface area (Å²) < 4.78 is 0. The molecule has 0 saturated carbocycles. The summed E-state index contributed by atoms with van der Waals surface area (Å²) in [5.41, 5.74) is 7.80. The number of para-hydroxylation sites is 1. The number of nitrogens with two attached hydrogens (primary N) is 1. The van der Waals surface area contributed by atoms with Gasteiger partial charge < -0.3 is 36.9 Å². The number of hydrogen-bond acceptors (Lipinski definition) is 6. The monoisotopic (exact) mass is 495 g/mol. The number of fused-ring (bicyclic) bond motifs is 1. The fraction of sp³-hybridized carbons (Fsp3) is 0.280. The molecule has 3 atom stereocenters. The molecular weight excluding hydrogens is 466 g/mol. The van der Waals surface area contributed by atoms with Gasteiger partial charge in [-0.2, -0.15) is 0 Å². The van der Waals surface area contributed by atoms with Gasteiger partial charge >= 0.3 is 5.97 Å². The Hall–Kier alpha value is -4.22. The number of carbonyl (C=O) groups is 4. The van der Waals surface area contributed by atoms with E-state index < -0.39 is 48.4 Å². The number of aliphatic carboxylic acids is 1. The Morgan fingerprint density at radius 1 is 0.833 bits per heavy atom. The van der Waals surface area contributed by atoms with Gasteiger partial charge in [-0.05, 0) is 17.2 Å².